The van der Waals surface area contributed by atoms with Crippen LogP contribution >= 0.6 is 0 Å². The lowest BCUT2D eigenvalue weighted by Crippen LogP contribution is -2.50. The Balaban J connectivity index is 1.94. The number of amides is 3. The van der Waals surface area contributed by atoms with Crippen LogP contribution in [0.1, 0.15) is 32.3 Å². The molecule has 1 aliphatic heterocycles. The zero-order chi connectivity index (χ0) is 15.9. The molecule has 120 valence electrons. The topological polar surface area (TPSA) is 52.7 Å². The Hall–Kier alpha value is -2.04. The number of hydrogen-bond acceptors (Lipinski definition) is 2. The van der Waals surface area contributed by atoms with E-state index in [1.807, 2.05) is 44.2 Å². The minimum Gasteiger partial charge on any atom is -0.350 e. The van der Waals surface area contributed by atoms with Crippen molar-refractivity contribution in [3.63, 3.8) is 0 Å². The Kier molecular flexibility index (Phi) is 5.81. The van der Waals surface area contributed by atoms with Gasteiger partial charge in [0.2, 0.25) is 5.91 Å². The van der Waals surface area contributed by atoms with Crippen LogP contribution in [-0.2, 0) is 11.3 Å². The van der Waals surface area contributed by atoms with Crippen LogP contribution in [0.15, 0.2) is 30.3 Å². The number of likely N-dealkylation sites (tertiary alicyclic amines) is 1. The van der Waals surface area contributed by atoms with Gasteiger partial charge in [-0.15, -0.1) is 0 Å². The van der Waals surface area contributed by atoms with E-state index in [9.17, 15) is 9.59 Å². The smallest absolute Gasteiger partial charge is 0.320 e. The molecule has 0 unspecified atom stereocenters. The number of benzene rings is 1. The zero-order valence-corrected chi connectivity index (χ0v) is 13.4. The maximum absolute atomic E-state index is 12.5. The fourth-order valence-corrected chi connectivity index (χ4v) is 2.85. The Bertz CT molecular complexity index is 500. The van der Waals surface area contributed by atoms with Crippen molar-refractivity contribution in [3.8, 4) is 0 Å². The van der Waals surface area contributed by atoms with E-state index in [1.165, 1.54) is 0 Å². The molecule has 22 heavy (non-hydrogen) atoms. The molecular formula is C17H25N3O2. The third-order valence-electron chi connectivity index (χ3n) is 4.14. The molecule has 1 aliphatic rings. The summed E-state index contributed by atoms with van der Waals surface area (Å²) in [5.74, 6) is -0.0538. The summed E-state index contributed by atoms with van der Waals surface area (Å²) in [6.45, 7) is 6.43. The molecule has 1 saturated heterocycles. The van der Waals surface area contributed by atoms with E-state index in [2.05, 4.69) is 5.32 Å². The summed E-state index contributed by atoms with van der Waals surface area (Å²) in [7, 11) is 0. The quantitative estimate of drug-likeness (QED) is 0.907. The van der Waals surface area contributed by atoms with E-state index in [-0.39, 0.29) is 18.0 Å². The van der Waals surface area contributed by atoms with Gasteiger partial charge in [-0.25, -0.2) is 4.79 Å². The predicted octanol–water partition coefficient (Wildman–Crippen LogP) is 2.23. The molecular weight excluding hydrogens is 278 g/mol. The zero-order valence-electron chi connectivity index (χ0n) is 13.4. The average Bonchev–Trinajstić information content (AvgIpc) is 3.04. The van der Waals surface area contributed by atoms with E-state index >= 15 is 0 Å². The van der Waals surface area contributed by atoms with Gasteiger partial charge in [0.15, 0.2) is 0 Å². The normalized spacial score (nSPS) is 17.4. The van der Waals surface area contributed by atoms with Gasteiger partial charge in [-0.1, -0.05) is 30.3 Å². The van der Waals surface area contributed by atoms with Gasteiger partial charge in [0.1, 0.15) is 6.04 Å². The second-order valence-corrected chi connectivity index (χ2v) is 5.51. The van der Waals surface area contributed by atoms with Crippen molar-refractivity contribution in [3.05, 3.63) is 35.9 Å². The molecule has 1 heterocycles. The minimum absolute atomic E-state index is 0.0256. The van der Waals surface area contributed by atoms with E-state index in [0.29, 0.717) is 26.2 Å². The molecule has 0 radical (unpaired) electrons. The van der Waals surface area contributed by atoms with E-state index < -0.39 is 0 Å². The number of carbonyl (C=O) groups is 2. The number of hydrogen-bond donors (Lipinski definition) is 1. The van der Waals surface area contributed by atoms with Crippen molar-refractivity contribution in [1.29, 1.82) is 0 Å². The van der Waals surface area contributed by atoms with Gasteiger partial charge >= 0.3 is 6.03 Å². The van der Waals surface area contributed by atoms with Gasteiger partial charge in [0.25, 0.3) is 0 Å². The summed E-state index contributed by atoms with van der Waals surface area (Å²) >= 11 is 0. The summed E-state index contributed by atoms with van der Waals surface area (Å²) in [4.78, 5) is 28.4. The summed E-state index contributed by atoms with van der Waals surface area (Å²) in [5, 5.41) is 2.95. The van der Waals surface area contributed by atoms with E-state index in [4.69, 9.17) is 0 Å². The average molecular weight is 303 g/mol. The van der Waals surface area contributed by atoms with Crippen molar-refractivity contribution < 1.29 is 9.59 Å². The molecule has 3 amide bonds. The maximum atomic E-state index is 12.5. The summed E-state index contributed by atoms with van der Waals surface area (Å²) in [6, 6.07) is 9.45. The van der Waals surface area contributed by atoms with Crippen molar-refractivity contribution in [2.45, 2.75) is 39.3 Å². The highest BCUT2D eigenvalue weighted by Gasteiger charge is 2.35. The van der Waals surface area contributed by atoms with E-state index in [0.717, 1.165) is 18.4 Å². The molecule has 5 heteroatoms. The highest BCUT2D eigenvalue weighted by atomic mass is 16.2. The predicted molar refractivity (Wildman–Crippen MR) is 86.3 cm³/mol. The third kappa shape index (κ3) is 3.78. The number of rotatable bonds is 5. The monoisotopic (exact) mass is 303 g/mol. The SMILES string of the molecule is CCN(CC)C(=O)N1CCC[C@H]1C(=O)NCc1ccccc1. The van der Waals surface area contributed by atoms with Gasteiger partial charge in [0.05, 0.1) is 0 Å². The number of nitrogens with zero attached hydrogens (tertiary/aromatic N) is 2. The minimum atomic E-state index is -0.336. The Morgan fingerprint density at radius 1 is 1.23 bits per heavy atom. The first-order chi connectivity index (χ1) is 10.7. The first kappa shape index (κ1) is 16.3. The maximum Gasteiger partial charge on any atom is 0.320 e. The van der Waals surface area contributed by atoms with Gasteiger partial charge in [-0.2, -0.15) is 0 Å². The Morgan fingerprint density at radius 2 is 1.91 bits per heavy atom. The lowest BCUT2D eigenvalue weighted by molar-refractivity contribution is -0.125. The first-order valence-corrected chi connectivity index (χ1v) is 8.04. The van der Waals surface area contributed by atoms with Crippen molar-refractivity contribution in [1.82, 2.24) is 15.1 Å². The fraction of sp³-hybridized carbons (Fsp3) is 0.529. The molecule has 1 N–H and O–H groups in total. The Morgan fingerprint density at radius 3 is 2.55 bits per heavy atom. The van der Waals surface area contributed by atoms with Gasteiger partial charge < -0.3 is 15.1 Å². The van der Waals surface area contributed by atoms with Crippen molar-refractivity contribution in [2.75, 3.05) is 19.6 Å². The third-order valence-corrected chi connectivity index (χ3v) is 4.14. The molecule has 0 bridgehead atoms. The standard InChI is InChI=1S/C17H25N3O2/c1-3-19(4-2)17(22)20-12-8-11-15(20)16(21)18-13-14-9-6-5-7-10-14/h5-7,9-10,15H,3-4,8,11-13H2,1-2H3,(H,18,21)/t15-/m0/s1. The number of carbonyl (C=O) groups excluding carboxylic acids is 2. The van der Waals surface area contributed by atoms with Crippen LogP contribution in [0.25, 0.3) is 0 Å². The van der Waals surface area contributed by atoms with Crippen LogP contribution in [0, 0.1) is 0 Å². The first-order valence-electron chi connectivity index (χ1n) is 8.04. The lowest BCUT2D eigenvalue weighted by Gasteiger charge is -2.30. The molecule has 1 atom stereocenters. The number of nitrogens with one attached hydrogen (secondary N) is 1. The van der Waals surface area contributed by atoms with Crippen molar-refractivity contribution in [2.24, 2.45) is 0 Å². The van der Waals surface area contributed by atoms with Crippen molar-refractivity contribution >= 4 is 11.9 Å². The fourth-order valence-electron chi connectivity index (χ4n) is 2.85. The molecule has 0 saturated carbocycles. The molecule has 0 spiro atoms. The lowest BCUT2D eigenvalue weighted by atomic mass is 10.2. The molecule has 0 aromatic heterocycles. The van der Waals surface area contributed by atoms with E-state index in [1.54, 1.807) is 9.80 Å². The number of urea groups is 1. The van der Waals surface area contributed by atoms with Gasteiger partial charge in [-0.3, -0.25) is 4.79 Å². The summed E-state index contributed by atoms with van der Waals surface area (Å²) < 4.78 is 0. The highest BCUT2D eigenvalue weighted by Crippen LogP contribution is 2.19. The molecule has 1 aromatic carbocycles. The van der Waals surface area contributed by atoms with Crippen LogP contribution in [0.2, 0.25) is 0 Å². The van der Waals surface area contributed by atoms with Crippen LogP contribution in [0.4, 0.5) is 4.79 Å². The second kappa shape index (κ2) is 7.82. The van der Waals surface area contributed by atoms with Crippen LogP contribution < -0.4 is 5.32 Å². The molecule has 1 fully saturated rings. The van der Waals surface area contributed by atoms with Gasteiger partial charge in [-0.05, 0) is 32.3 Å². The Labute approximate surface area is 132 Å². The van der Waals surface area contributed by atoms with Crippen LogP contribution in [0.3, 0.4) is 0 Å². The van der Waals surface area contributed by atoms with Gasteiger partial charge in [0, 0.05) is 26.2 Å². The van der Waals surface area contributed by atoms with Crippen LogP contribution in [0.5, 0.6) is 0 Å². The molecule has 0 aliphatic carbocycles. The van der Waals surface area contributed by atoms with Crippen LogP contribution in [-0.4, -0.2) is 47.4 Å². The molecule has 5 nitrogen and oxygen atoms in total. The largest absolute Gasteiger partial charge is 0.350 e. The summed E-state index contributed by atoms with van der Waals surface area (Å²) in [6.07, 6.45) is 1.63. The molecule has 2 rings (SSSR count). The second-order valence-electron chi connectivity index (χ2n) is 5.51. The molecule has 1 aromatic rings. The summed E-state index contributed by atoms with van der Waals surface area (Å²) in [5.41, 5.74) is 1.07. The highest BCUT2D eigenvalue weighted by molar-refractivity contribution is 5.87.